The monoisotopic (exact) mass is 310 g/mol. The number of hydrogen-bond acceptors (Lipinski definition) is 5. The van der Waals surface area contributed by atoms with E-state index in [9.17, 15) is 13.2 Å². The molecule has 1 aromatic rings. The maximum absolute atomic E-state index is 11.7. The van der Waals surface area contributed by atoms with Crippen LogP contribution in [-0.4, -0.2) is 33.7 Å². The minimum Gasteiger partial charge on any atom is -0.454 e. The van der Waals surface area contributed by atoms with Gasteiger partial charge in [0.2, 0.25) is 0 Å². The number of hydrogen-bond donors (Lipinski definition) is 0. The van der Waals surface area contributed by atoms with Crippen LogP contribution in [0.3, 0.4) is 0 Å². The highest BCUT2D eigenvalue weighted by atomic mass is 35.7. The lowest BCUT2D eigenvalue weighted by molar-refractivity contribution is -0.103. The minimum absolute atomic E-state index is 0.0358. The molecule has 0 spiro atoms. The predicted molar refractivity (Wildman–Crippen MR) is 64.5 cm³/mol. The number of esters is 1. The summed E-state index contributed by atoms with van der Waals surface area (Å²) in [4.78, 5) is 11.5. The Morgan fingerprint density at radius 3 is 2.50 bits per heavy atom. The molecule has 5 nitrogen and oxygen atoms in total. The first-order chi connectivity index (χ1) is 8.36. The van der Waals surface area contributed by atoms with Gasteiger partial charge in [0, 0.05) is 15.7 Å². The molecule has 1 saturated heterocycles. The smallest absolute Gasteiger partial charge is 0.338 e. The fourth-order valence-electron chi connectivity index (χ4n) is 1.32. The molecule has 1 aliphatic rings. The average Bonchev–Trinajstić information content (AvgIpc) is 2.21. The van der Waals surface area contributed by atoms with Gasteiger partial charge < -0.3 is 9.47 Å². The van der Waals surface area contributed by atoms with Gasteiger partial charge >= 0.3 is 5.97 Å². The number of carbonyl (C=O) groups is 1. The van der Waals surface area contributed by atoms with Crippen molar-refractivity contribution in [1.82, 2.24) is 0 Å². The molecule has 0 aliphatic carbocycles. The highest BCUT2D eigenvalue weighted by Crippen LogP contribution is 2.23. The zero-order valence-electron chi connectivity index (χ0n) is 8.93. The van der Waals surface area contributed by atoms with E-state index in [1.54, 1.807) is 0 Å². The van der Waals surface area contributed by atoms with Gasteiger partial charge in [0.05, 0.1) is 23.7 Å². The van der Waals surface area contributed by atoms with Gasteiger partial charge in [-0.1, -0.05) is 11.6 Å². The summed E-state index contributed by atoms with van der Waals surface area (Å²) in [5, 5.41) is 0.0912. The third-order valence-electron chi connectivity index (χ3n) is 2.27. The molecule has 1 fully saturated rings. The van der Waals surface area contributed by atoms with Gasteiger partial charge in [0.25, 0.3) is 9.05 Å². The number of rotatable bonds is 3. The Kier molecular flexibility index (Phi) is 3.82. The Morgan fingerprint density at radius 2 is 2.00 bits per heavy atom. The van der Waals surface area contributed by atoms with E-state index in [-0.39, 0.29) is 21.6 Å². The molecule has 2 rings (SSSR count). The fraction of sp³-hybridized carbons (Fsp3) is 0.300. The zero-order chi connectivity index (χ0) is 13.3. The quantitative estimate of drug-likeness (QED) is 0.629. The average molecular weight is 311 g/mol. The molecule has 1 aromatic carbocycles. The van der Waals surface area contributed by atoms with Crippen LogP contribution < -0.4 is 0 Å². The summed E-state index contributed by atoms with van der Waals surface area (Å²) in [5.41, 5.74) is 0.0358. The molecular formula is C10H8Cl2O5S. The lowest BCUT2D eigenvalue weighted by atomic mass is 10.2. The maximum Gasteiger partial charge on any atom is 0.338 e. The van der Waals surface area contributed by atoms with Crippen molar-refractivity contribution in [3.05, 3.63) is 28.8 Å². The summed E-state index contributed by atoms with van der Waals surface area (Å²) < 4.78 is 32.3. The highest BCUT2D eigenvalue weighted by molar-refractivity contribution is 8.13. The molecule has 0 N–H and O–H groups in total. The molecule has 0 amide bonds. The predicted octanol–water partition coefficient (Wildman–Crippen LogP) is 1.82. The van der Waals surface area contributed by atoms with E-state index in [1.807, 2.05) is 0 Å². The SMILES string of the molecule is O=C(OC1COC1)c1cc(Cl)cc(S(=O)(=O)Cl)c1. The van der Waals surface area contributed by atoms with Crippen molar-refractivity contribution in [2.45, 2.75) is 11.0 Å². The van der Waals surface area contributed by atoms with Crippen LogP contribution in [0.4, 0.5) is 0 Å². The first-order valence-corrected chi connectivity index (χ1v) is 7.59. The minimum atomic E-state index is -3.95. The molecule has 18 heavy (non-hydrogen) atoms. The maximum atomic E-state index is 11.7. The first-order valence-electron chi connectivity index (χ1n) is 4.90. The topological polar surface area (TPSA) is 69.7 Å². The van der Waals surface area contributed by atoms with Gasteiger partial charge in [-0.05, 0) is 18.2 Å². The lowest BCUT2D eigenvalue weighted by Gasteiger charge is -2.25. The van der Waals surface area contributed by atoms with E-state index in [4.69, 9.17) is 31.8 Å². The van der Waals surface area contributed by atoms with E-state index in [0.29, 0.717) is 13.2 Å². The van der Waals surface area contributed by atoms with Crippen LogP contribution in [0.1, 0.15) is 10.4 Å². The van der Waals surface area contributed by atoms with Crippen molar-refractivity contribution in [2.24, 2.45) is 0 Å². The Balaban J connectivity index is 2.27. The van der Waals surface area contributed by atoms with E-state index in [0.717, 1.165) is 12.1 Å². The number of carbonyl (C=O) groups excluding carboxylic acids is 1. The van der Waals surface area contributed by atoms with Crippen LogP contribution >= 0.6 is 22.3 Å². The molecule has 1 heterocycles. The fourth-order valence-corrected chi connectivity index (χ4v) is 2.43. The van der Waals surface area contributed by atoms with E-state index in [1.165, 1.54) is 6.07 Å². The van der Waals surface area contributed by atoms with Crippen molar-refractivity contribution in [2.75, 3.05) is 13.2 Å². The first kappa shape index (κ1) is 13.6. The van der Waals surface area contributed by atoms with Gasteiger partial charge in [-0.3, -0.25) is 0 Å². The largest absolute Gasteiger partial charge is 0.454 e. The van der Waals surface area contributed by atoms with E-state index >= 15 is 0 Å². The van der Waals surface area contributed by atoms with Crippen LogP contribution in [-0.2, 0) is 18.5 Å². The molecule has 0 bridgehead atoms. The Bertz CT molecular complexity index is 580. The van der Waals surface area contributed by atoms with Crippen LogP contribution in [0.15, 0.2) is 23.1 Å². The van der Waals surface area contributed by atoms with Gasteiger partial charge in [-0.2, -0.15) is 0 Å². The highest BCUT2D eigenvalue weighted by Gasteiger charge is 2.24. The lowest BCUT2D eigenvalue weighted by Crippen LogP contribution is -2.37. The van der Waals surface area contributed by atoms with E-state index < -0.39 is 15.0 Å². The Labute approximate surface area is 113 Å². The number of halogens is 2. The second-order valence-electron chi connectivity index (χ2n) is 3.68. The van der Waals surface area contributed by atoms with E-state index in [2.05, 4.69) is 0 Å². The van der Waals surface area contributed by atoms with Crippen molar-refractivity contribution < 1.29 is 22.7 Å². The van der Waals surface area contributed by atoms with Crippen molar-refractivity contribution in [3.8, 4) is 0 Å². The van der Waals surface area contributed by atoms with Crippen LogP contribution in [0.2, 0.25) is 5.02 Å². The van der Waals surface area contributed by atoms with Crippen LogP contribution in [0.25, 0.3) is 0 Å². The van der Waals surface area contributed by atoms with Crippen molar-refractivity contribution >= 4 is 37.3 Å². The van der Waals surface area contributed by atoms with Crippen LogP contribution in [0, 0.1) is 0 Å². The molecule has 0 unspecified atom stereocenters. The summed E-state index contributed by atoms with van der Waals surface area (Å²) in [6.45, 7) is 0.680. The van der Waals surface area contributed by atoms with Gasteiger partial charge in [0.1, 0.15) is 6.10 Å². The van der Waals surface area contributed by atoms with Crippen molar-refractivity contribution in [1.29, 1.82) is 0 Å². The third kappa shape index (κ3) is 3.14. The van der Waals surface area contributed by atoms with Gasteiger partial charge in [-0.15, -0.1) is 0 Å². The summed E-state index contributed by atoms with van der Waals surface area (Å²) in [5.74, 6) is -0.660. The Morgan fingerprint density at radius 1 is 1.33 bits per heavy atom. The van der Waals surface area contributed by atoms with Crippen LogP contribution in [0.5, 0.6) is 0 Å². The van der Waals surface area contributed by atoms with Gasteiger partial charge in [0.15, 0.2) is 0 Å². The second-order valence-corrected chi connectivity index (χ2v) is 6.68. The normalized spacial score (nSPS) is 16.1. The molecular weight excluding hydrogens is 303 g/mol. The molecule has 0 saturated carbocycles. The molecule has 98 valence electrons. The summed E-state index contributed by atoms with van der Waals surface area (Å²) in [7, 11) is 1.25. The second kappa shape index (κ2) is 5.05. The molecule has 1 aliphatic heterocycles. The third-order valence-corrected chi connectivity index (χ3v) is 3.82. The molecule has 0 atom stereocenters. The zero-order valence-corrected chi connectivity index (χ0v) is 11.3. The summed E-state index contributed by atoms with van der Waals surface area (Å²) in [6.07, 6.45) is -0.299. The number of ether oxygens (including phenoxy) is 2. The molecule has 8 heteroatoms. The number of benzene rings is 1. The Hall–Kier alpha value is -0.820. The standard InChI is InChI=1S/C10H8Cl2O5S/c11-7-1-6(2-9(3-7)18(12,14)15)10(13)17-8-4-16-5-8/h1-3,8H,4-5H2. The molecule has 0 radical (unpaired) electrons. The summed E-state index contributed by atoms with van der Waals surface area (Å²) >= 11 is 5.73. The van der Waals surface area contributed by atoms with Gasteiger partial charge in [-0.25, -0.2) is 13.2 Å². The molecule has 0 aromatic heterocycles. The van der Waals surface area contributed by atoms with Crippen molar-refractivity contribution in [3.63, 3.8) is 0 Å². The summed E-state index contributed by atoms with van der Waals surface area (Å²) in [6, 6.07) is 3.60.